The number of halogens is 3. The number of nitrogens with one attached hydrogen (secondary N) is 1. The van der Waals surface area contributed by atoms with Crippen molar-refractivity contribution in [1.82, 2.24) is 20.0 Å². The van der Waals surface area contributed by atoms with Crippen molar-refractivity contribution >= 4 is 22.3 Å². The minimum atomic E-state index is -4.72. The zero-order valence-corrected chi connectivity index (χ0v) is 28.5. The summed E-state index contributed by atoms with van der Waals surface area (Å²) in [6.07, 6.45) is -1.88. The summed E-state index contributed by atoms with van der Waals surface area (Å²) < 4.78 is 77.5. The molecule has 10 nitrogen and oxygen atoms in total. The van der Waals surface area contributed by atoms with Crippen molar-refractivity contribution in [3.8, 4) is 17.1 Å². The van der Waals surface area contributed by atoms with E-state index in [0.29, 0.717) is 24.9 Å². The lowest BCUT2D eigenvalue weighted by Gasteiger charge is -2.38. The Labute approximate surface area is 275 Å². The number of likely N-dealkylation sites (N-methyl/N-ethyl adjacent to an activating group) is 1. The van der Waals surface area contributed by atoms with Gasteiger partial charge in [-0.3, -0.25) is 9.53 Å². The summed E-state index contributed by atoms with van der Waals surface area (Å²) >= 11 is 0. The molecule has 0 aliphatic carbocycles. The minimum Gasteiger partial charge on any atom is -0.476 e. The van der Waals surface area contributed by atoms with Crippen LogP contribution < -0.4 is 9.46 Å². The van der Waals surface area contributed by atoms with Crippen LogP contribution in [-0.2, 0) is 14.8 Å². The number of nitrogens with zero attached hydrogens (tertiary/aromatic N) is 4. The van der Waals surface area contributed by atoms with Crippen LogP contribution >= 0.6 is 0 Å². The number of carbonyl (C=O) groups excluding carboxylic acids is 1. The fourth-order valence-electron chi connectivity index (χ4n) is 5.15. The van der Waals surface area contributed by atoms with Crippen molar-refractivity contribution in [3.63, 3.8) is 0 Å². The van der Waals surface area contributed by atoms with Crippen LogP contribution in [0.3, 0.4) is 0 Å². The highest BCUT2D eigenvalue weighted by Gasteiger charge is 2.30. The Morgan fingerprint density at radius 3 is 2.32 bits per heavy atom. The zero-order chi connectivity index (χ0) is 34.8. The third-order valence-electron chi connectivity index (χ3n) is 7.50. The van der Waals surface area contributed by atoms with Gasteiger partial charge in [0.1, 0.15) is 12.9 Å². The van der Waals surface area contributed by atoms with E-state index in [9.17, 15) is 26.4 Å². The van der Waals surface area contributed by atoms with E-state index in [0.717, 1.165) is 29.5 Å². The number of sulfonamides is 1. The lowest BCUT2D eigenvalue weighted by molar-refractivity contribution is -0.326. The fourth-order valence-corrected chi connectivity index (χ4v) is 6.14. The summed E-state index contributed by atoms with van der Waals surface area (Å²) in [6, 6.07) is 12.7. The largest absolute Gasteiger partial charge is 0.522 e. The standard InChI is InChI=1S/C33H44F3N5O5S/c1-7-8-15-41(16-17-46-33(34,35)36)40(6)27(18-23(2)3)22-45-30-20-29(31-24(4)11-9-12-25(31)5)37-32(38-30)39-47(43,44)28-14-10-13-26(19-28)21-42/h9-14,19-21,23,27H,7-8,15-18,22H2,1-6H3,(H,37,38,39)/t27-/m1/s1. The Hall–Kier alpha value is -3.59. The number of hydrogen-bond donors (Lipinski definition) is 1. The van der Waals surface area contributed by atoms with Gasteiger partial charge in [-0.2, -0.15) is 4.98 Å². The van der Waals surface area contributed by atoms with Gasteiger partial charge < -0.3 is 4.74 Å². The van der Waals surface area contributed by atoms with E-state index in [1.807, 2.05) is 69.9 Å². The van der Waals surface area contributed by atoms with Gasteiger partial charge in [0.2, 0.25) is 11.8 Å². The van der Waals surface area contributed by atoms with Crippen LogP contribution in [0.2, 0.25) is 0 Å². The van der Waals surface area contributed by atoms with Crippen LogP contribution in [0.4, 0.5) is 19.1 Å². The number of benzene rings is 2. The zero-order valence-electron chi connectivity index (χ0n) is 27.7. The summed E-state index contributed by atoms with van der Waals surface area (Å²) in [5, 5.41) is 3.73. The molecule has 0 aliphatic rings. The van der Waals surface area contributed by atoms with Crippen molar-refractivity contribution in [2.24, 2.45) is 5.92 Å². The Morgan fingerprint density at radius 1 is 1.02 bits per heavy atom. The number of rotatable bonds is 18. The minimum absolute atomic E-state index is 0.0338. The molecule has 0 saturated heterocycles. The maximum absolute atomic E-state index is 13.3. The average molecular weight is 680 g/mol. The lowest BCUT2D eigenvalue weighted by Crippen LogP contribution is -2.50. The predicted octanol–water partition coefficient (Wildman–Crippen LogP) is 6.65. The molecular formula is C33H44F3N5O5S. The number of hydrogen-bond acceptors (Lipinski definition) is 9. The van der Waals surface area contributed by atoms with Crippen LogP contribution in [-0.4, -0.2) is 80.4 Å². The summed E-state index contributed by atoms with van der Waals surface area (Å²) in [5.41, 5.74) is 3.24. The van der Waals surface area contributed by atoms with Crippen molar-refractivity contribution in [1.29, 1.82) is 0 Å². The van der Waals surface area contributed by atoms with Gasteiger partial charge >= 0.3 is 6.36 Å². The number of alkyl halides is 3. The lowest BCUT2D eigenvalue weighted by atomic mass is 10.00. The van der Waals surface area contributed by atoms with Crippen molar-refractivity contribution in [2.75, 3.05) is 38.1 Å². The van der Waals surface area contributed by atoms with Gasteiger partial charge in [-0.25, -0.2) is 28.1 Å². The molecular weight excluding hydrogens is 635 g/mol. The second-order valence-electron chi connectivity index (χ2n) is 11.7. The molecule has 0 amide bonds. The van der Waals surface area contributed by atoms with E-state index in [4.69, 9.17) is 4.74 Å². The molecule has 1 N–H and O–H groups in total. The molecule has 47 heavy (non-hydrogen) atoms. The molecule has 3 aromatic rings. The van der Waals surface area contributed by atoms with Gasteiger partial charge in [-0.1, -0.05) is 57.5 Å². The van der Waals surface area contributed by atoms with Crippen molar-refractivity contribution in [3.05, 3.63) is 65.2 Å². The molecule has 1 atom stereocenters. The summed E-state index contributed by atoms with van der Waals surface area (Å²) in [7, 11) is -2.36. The number of ether oxygens (including phenoxy) is 2. The first-order valence-corrected chi connectivity index (χ1v) is 17.0. The van der Waals surface area contributed by atoms with E-state index < -0.39 is 23.0 Å². The Kier molecular flexibility index (Phi) is 13.7. The van der Waals surface area contributed by atoms with Crippen LogP contribution in [0.1, 0.15) is 61.5 Å². The third kappa shape index (κ3) is 11.6. The number of anilines is 1. The van der Waals surface area contributed by atoms with Gasteiger partial charge in [0, 0.05) is 37.3 Å². The van der Waals surface area contributed by atoms with Gasteiger partial charge in [0.15, 0.2) is 0 Å². The SMILES string of the molecule is CCCCN(CCOC(F)(F)F)N(C)[C@@H](COc1cc(-c2c(C)cccc2C)nc(NS(=O)(=O)c2cccc(C=O)c2)n1)CC(C)C. The molecule has 2 aromatic carbocycles. The highest BCUT2D eigenvalue weighted by atomic mass is 32.2. The number of aryl methyl sites for hydroxylation is 2. The number of unbranched alkanes of at least 4 members (excludes halogenated alkanes) is 1. The molecule has 1 heterocycles. The molecule has 14 heteroatoms. The number of carbonyl (C=O) groups is 1. The smallest absolute Gasteiger partial charge is 0.476 e. The third-order valence-corrected chi connectivity index (χ3v) is 8.82. The molecule has 0 fully saturated rings. The fraction of sp³-hybridized carbons (Fsp3) is 0.485. The number of hydrazine groups is 1. The summed E-state index contributed by atoms with van der Waals surface area (Å²) in [4.78, 5) is 20.0. The Bertz CT molecular complexity index is 1570. The van der Waals surface area contributed by atoms with E-state index in [1.54, 1.807) is 6.07 Å². The first kappa shape index (κ1) is 37.9. The molecule has 1 aromatic heterocycles. The van der Waals surface area contributed by atoms with Crippen LogP contribution in [0.25, 0.3) is 11.3 Å². The van der Waals surface area contributed by atoms with Gasteiger partial charge in [-0.15, -0.1) is 13.2 Å². The molecule has 0 aliphatic heterocycles. The average Bonchev–Trinajstić information content (AvgIpc) is 2.99. The van der Waals surface area contributed by atoms with E-state index in [-0.39, 0.29) is 47.4 Å². The van der Waals surface area contributed by atoms with Gasteiger partial charge in [0.25, 0.3) is 10.0 Å². The Morgan fingerprint density at radius 2 is 1.70 bits per heavy atom. The van der Waals surface area contributed by atoms with Crippen molar-refractivity contribution in [2.45, 2.75) is 71.2 Å². The van der Waals surface area contributed by atoms with Gasteiger partial charge in [-0.05, 0) is 55.9 Å². The van der Waals surface area contributed by atoms with Gasteiger partial charge in [0.05, 0.1) is 23.2 Å². The normalized spacial score (nSPS) is 12.9. The molecule has 258 valence electrons. The maximum Gasteiger partial charge on any atom is 0.522 e. The topological polar surface area (TPSA) is 114 Å². The second-order valence-corrected chi connectivity index (χ2v) is 13.4. The first-order valence-electron chi connectivity index (χ1n) is 15.5. The maximum atomic E-state index is 13.3. The quantitative estimate of drug-likeness (QED) is 0.117. The highest BCUT2D eigenvalue weighted by Crippen LogP contribution is 2.30. The van der Waals surface area contributed by atoms with E-state index >= 15 is 0 Å². The van der Waals surface area contributed by atoms with Crippen LogP contribution in [0, 0.1) is 19.8 Å². The molecule has 3 rings (SSSR count). The monoisotopic (exact) mass is 679 g/mol. The van der Waals surface area contributed by atoms with E-state index in [2.05, 4.69) is 19.4 Å². The predicted molar refractivity (Wildman–Crippen MR) is 175 cm³/mol. The van der Waals surface area contributed by atoms with Crippen molar-refractivity contribution < 1.29 is 35.9 Å². The molecule has 0 radical (unpaired) electrons. The Balaban J connectivity index is 1.96. The molecule has 0 spiro atoms. The van der Waals surface area contributed by atoms with Crippen LogP contribution in [0.15, 0.2) is 53.4 Å². The number of aromatic nitrogens is 2. The summed E-state index contributed by atoms with van der Waals surface area (Å²) in [6.45, 7) is 10.1. The number of aldehydes is 1. The van der Waals surface area contributed by atoms with Crippen LogP contribution in [0.5, 0.6) is 5.88 Å². The molecule has 0 unspecified atom stereocenters. The molecule has 0 saturated carbocycles. The highest BCUT2D eigenvalue weighted by molar-refractivity contribution is 7.92. The molecule has 0 bridgehead atoms. The summed E-state index contributed by atoms with van der Waals surface area (Å²) in [5.74, 6) is 0.115. The second kappa shape index (κ2) is 17.0. The van der Waals surface area contributed by atoms with E-state index in [1.165, 1.54) is 24.3 Å². The first-order chi connectivity index (χ1) is 22.1.